The van der Waals surface area contributed by atoms with Crippen molar-refractivity contribution in [3.8, 4) is 5.75 Å². The SMILES string of the molecule is COc1cccc(F)c1C(=O)Nc1sccc1C(=O)O. The zero-order valence-electron chi connectivity index (χ0n) is 10.3. The number of thiophene rings is 1. The molecular weight excluding hydrogens is 285 g/mol. The zero-order valence-corrected chi connectivity index (χ0v) is 11.2. The van der Waals surface area contributed by atoms with E-state index in [1.54, 1.807) is 0 Å². The van der Waals surface area contributed by atoms with E-state index in [2.05, 4.69) is 5.32 Å². The normalized spacial score (nSPS) is 10.1. The van der Waals surface area contributed by atoms with Crippen LogP contribution in [0, 0.1) is 5.82 Å². The fourth-order valence-electron chi connectivity index (χ4n) is 1.63. The predicted octanol–water partition coefficient (Wildman–Crippen LogP) is 2.85. The lowest BCUT2D eigenvalue weighted by Crippen LogP contribution is -2.16. The van der Waals surface area contributed by atoms with Crippen molar-refractivity contribution in [2.45, 2.75) is 0 Å². The molecule has 0 radical (unpaired) electrons. The highest BCUT2D eigenvalue weighted by molar-refractivity contribution is 7.14. The molecule has 0 bridgehead atoms. The smallest absolute Gasteiger partial charge is 0.338 e. The topological polar surface area (TPSA) is 75.6 Å². The average molecular weight is 295 g/mol. The lowest BCUT2D eigenvalue weighted by molar-refractivity contribution is 0.0698. The summed E-state index contributed by atoms with van der Waals surface area (Å²) in [6, 6.07) is 5.36. The maximum absolute atomic E-state index is 13.7. The second-order valence-electron chi connectivity index (χ2n) is 3.74. The molecule has 104 valence electrons. The molecule has 0 saturated carbocycles. The van der Waals surface area contributed by atoms with Gasteiger partial charge in [0.25, 0.3) is 5.91 Å². The van der Waals surface area contributed by atoms with Gasteiger partial charge in [-0.25, -0.2) is 9.18 Å². The van der Waals surface area contributed by atoms with E-state index in [-0.39, 0.29) is 21.9 Å². The fraction of sp³-hybridized carbons (Fsp3) is 0.0769. The molecule has 20 heavy (non-hydrogen) atoms. The van der Waals surface area contributed by atoms with Crippen LogP contribution in [0.1, 0.15) is 20.7 Å². The maximum Gasteiger partial charge on any atom is 0.338 e. The Labute approximate surface area is 117 Å². The molecular formula is C13H10FNO4S. The van der Waals surface area contributed by atoms with Gasteiger partial charge in [0, 0.05) is 0 Å². The first-order chi connectivity index (χ1) is 9.54. The van der Waals surface area contributed by atoms with Crippen molar-refractivity contribution < 1.29 is 23.8 Å². The Morgan fingerprint density at radius 2 is 2.10 bits per heavy atom. The fourth-order valence-corrected chi connectivity index (χ4v) is 2.41. The first kappa shape index (κ1) is 14.0. The Hall–Kier alpha value is -2.41. The zero-order chi connectivity index (χ0) is 14.7. The molecule has 0 spiro atoms. The van der Waals surface area contributed by atoms with Gasteiger partial charge in [0.15, 0.2) is 0 Å². The number of nitrogens with one attached hydrogen (secondary N) is 1. The molecule has 0 saturated heterocycles. The third-order valence-electron chi connectivity index (χ3n) is 2.55. The Bertz CT molecular complexity index is 668. The second kappa shape index (κ2) is 5.70. The lowest BCUT2D eigenvalue weighted by atomic mass is 10.1. The van der Waals surface area contributed by atoms with Crippen LogP contribution in [0.15, 0.2) is 29.6 Å². The van der Waals surface area contributed by atoms with E-state index in [1.807, 2.05) is 0 Å². The summed E-state index contributed by atoms with van der Waals surface area (Å²) in [5.74, 6) is -2.59. The first-order valence-corrected chi connectivity index (χ1v) is 6.37. The van der Waals surface area contributed by atoms with Crippen molar-refractivity contribution >= 4 is 28.2 Å². The number of carbonyl (C=O) groups excluding carboxylic acids is 1. The van der Waals surface area contributed by atoms with E-state index >= 15 is 0 Å². The van der Waals surface area contributed by atoms with Crippen LogP contribution < -0.4 is 10.1 Å². The monoisotopic (exact) mass is 295 g/mol. The van der Waals surface area contributed by atoms with E-state index in [9.17, 15) is 14.0 Å². The third kappa shape index (κ3) is 2.62. The van der Waals surface area contributed by atoms with Gasteiger partial charge in [-0.05, 0) is 23.6 Å². The number of carboxylic acid groups (broad SMARTS) is 1. The molecule has 0 aliphatic rings. The quantitative estimate of drug-likeness (QED) is 0.909. The van der Waals surface area contributed by atoms with Gasteiger partial charge in [-0.15, -0.1) is 11.3 Å². The molecule has 0 fully saturated rings. The van der Waals surface area contributed by atoms with Crippen LogP contribution in [-0.4, -0.2) is 24.1 Å². The van der Waals surface area contributed by atoms with Gasteiger partial charge in [0.1, 0.15) is 22.1 Å². The number of methoxy groups -OCH3 is 1. The third-order valence-corrected chi connectivity index (χ3v) is 3.37. The van der Waals surface area contributed by atoms with Crippen molar-refractivity contribution in [1.29, 1.82) is 0 Å². The standard InChI is InChI=1S/C13H10FNO4S/c1-19-9-4-2-3-8(14)10(9)11(16)15-12-7(13(17)18)5-6-20-12/h2-6H,1H3,(H,15,16)(H,17,18). The minimum atomic E-state index is -1.16. The highest BCUT2D eigenvalue weighted by atomic mass is 32.1. The van der Waals surface area contributed by atoms with E-state index < -0.39 is 17.7 Å². The summed E-state index contributed by atoms with van der Waals surface area (Å²) in [6.07, 6.45) is 0. The molecule has 7 heteroatoms. The Morgan fingerprint density at radius 3 is 2.75 bits per heavy atom. The van der Waals surface area contributed by atoms with Crippen LogP contribution in [0.2, 0.25) is 0 Å². The molecule has 2 aromatic rings. The molecule has 1 aromatic heterocycles. The number of hydrogen-bond donors (Lipinski definition) is 2. The number of ether oxygens (including phenoxy) is 1. The Kier molecular flexibility index (Phi) is 3.99. The number of hydrogen-bond acceptors (Lipinski definition) is 4. The molecule has 0 unspecified atom stereocenters. The number of halogens is 1. The van der Waals surface area contributed by atoms with Gasteiger partial charge in [0.2, 0.25) is 0 Å². The summed E-state index contributed by atoms with van der Waals surface area (Å²) in [6.45, 7) is 0. The number of aromatic carboxylic acids is 1. The molecule has 2 rings (SSSR count). The van der Waals surface area contributed by atoms with Crippen LogP contribution in [0.3, 0.4) is 0 Å². The van der Waals surface area contributed by atoms with Gasteiger partial charge < -0.3 is 15.2 Å². The summed E-state index contributed by atoms with van der Waals surface area (Å²) in [4.78, 5) is 23.0. The number of rotatable bonds is 4. The number of benzene rings is 1. The van der Waals surface area contributed by atoms with Crippen LogP contribution in [-0.2, 0) is 0 Å². The summed E-state index contributed by atoms with van der Waals surface area (Å²) >= 11 is 1.04. The average Bonchev–Trinajstić information content (AvgIpc) is 2.86. The van der Waals surface area contributed by atoms with Crippen molar-refractivity contribution in [3.05, 3.63) is 46.6 Å². The summed E-state index contributed by atoms with van der Waals surface area (Å²) in [5, 5.41) is 13.0. The van der Waals surface area contributed by atoms with Crippen molar-refractivity contribution in [1.82, 2.24) is 0 Å². The summed E-state index contributed by atoms with van der Waals surface area (Å²) < 4.78 is 18.7. The van der Waals surface area contributed by atoms with Gasteiger partial charge in [-0.3, -0.25) is 4.79 Å². The Morgan fingerprint density at radius 1 is 1.35 bits per heavy atom. The largest absolute Gasteiger partial charge is 0.496 e. The van der Waals surface area contributed by atoms with Gasteiger partial charge in [-0.2, -0.15) is 0 Å². The van der Waals surface area contributed by atoms with Crippen molar-refractivity contribution in [2.24, 2.45) is 0 Å². The maximum atomic E-state index is 13.7. The number of carbonyl (C=O) groups is 2. The highest BCUT2D eigenvalue weighted by Crippen LogP contribution is 2.27. The van der Waals surface area contributed by atoms with E-state index in [0.717, 1.165) is 17.4 Å². The van der Waals surface area contributed by atoms with Crippen molar-refractivity contribution in [3.63, 3.8) is 0 Å². The Balaban J connectivity index is 2.33. The van der Waals surface area contributed by atoms with E-state index in [4.69, 9.17) is 9.84 Å². The molecule has 0 aliphatic carbocycles. The van der Waals surface area contributed by atoms with Crippen LogP contribution >= 0.6 is 11.3 Å². The van der Waals surface area contributed by atoms with Gasteiger partial charge >= 0.3 is 5.97 Å². The van der Waals surface area contributed by atoms with E-state index in [1.165, 1.54) is 30.7 Å². The number of amides is 1. The van der Waals surface area contributed by atoms with Crippen LogP contribution in [0.4, 0.5) is 9.39 Å². The van der Waals surface area contributed by atoms with Crippen LogP contribution in [0.5, 0.6) is 5.75 Å². The predicted molar refractivity (Wildman–Crippen MR) is 72.2 cm³/mol. The van der Waals surface area contributed by atoms with E-state index in [0.29, 0.717) is 0 Å². The van der Waals surface area contributed by atoms with Crippen LogP contribution in [0.25, 0.3) is 0 Å². The molecule has 1 aromatic carbocycles. The molecule has 0 aliphatic heterocycles. The second-order valence-corrected chi connectivity index (χ2v) is 4.66. The molecule has 5 nitrogen and oxygen atoms in total. The number of anilines is 1. The molecule has 1 heterocycles. The summed E-state index contributed by atoms with van der Waals surface area (Å²) in [7, 11) is 1.32. The van der Waals surface area contributed by atoms with Crippen molar-refractivity contribution in [2.75, 3.05) is 12.4 Å². The molecule has 2 N–H and O–H groups in total. The summed E-state index contributed by atoms with van der Waals surface area (Å²) in [5.41, 5.74) is -0.307. The minimum absolute atomic E-state index is 0.0429. The van der Waals surface area contributed by atoms with Gasteiger partial charge in [-0.1, -0.05) is 6.07 Å². The number of carboxylic acids is 1. The first-order valence-electron chi connectivity index (χ1n) is 5.49. The molecule has 0 atom stereocenters. The highest BCUT2D eigenvalue weighted by Gasteiger charge is 2.20. The minimum Gasteiger partial charge on any atom is -0.496 e. The lowest BCUT2D eigenvalue weighted by Gasteiger charge is -2.09. The molecule has 1 amide bonds. The van der Waals surface area contributed by atoms with Gasteiger partial charge in [0.05, 0.1) is 12.7 Å².